The molecular weight excluding hydrogens is 324 g/mol. The zero-order valence-corrected chi connectivity index (χ0v) is 13.4. The van der Waals surface area contributed by atoms with Crippen molar-refractivity contribution in [3.05, 3.63) is 47.7 Å². The first kappa shape index (κ1) is 18.2. The highest BCUT2D eigenvalue weighted by Gasteiger charge is 2.57. The number of hydrogen-bond acceptors (Lipinski definition) is 3. The number of ether oxygens (including phenoxy) is 1. The Hall–Kier alpha value is -2.18. The van der Waals surface area contributed by atoms with Gasteiger partial charge in [0, 0.05) is 6.42 Å². The largest absolute Gasteiger partial charge is 0.476 e. The van der Waals surface area contributed by atoms with Crippen LogP contribution >= 0.6 is 0 Å². The van der Waals surface area contributed by atoms with Gasteiger partial charge in [-0.15, -0.1) is 0 Å². The Labute approximate surface area is 137 Å². The van der Waals surface area contributed by atoms with Crippen molar-refractivity contribution in [2.75, 3.05) is 6.61 Å². The summed E-state index contributed by atoms with van der Waals surface area (Å²) in [4.78, 5) is 7.68. The van der Waals surface area contributed by atoms with E-state index >= 15 is 0 Å². The minimum atomic E-state index is -2.65. The number of alkyl halides is 2. The van der Waals surface area contributed by atoms with E-state index in [9.17, 15) is 17.6 Å². The molecule has 7 heteroatoms. The summed E-state index contributed by atoms with van der Waals surface area (Å²) in [5.41, 5.74) is 0.487. The van der Waals surface area contributed by atoms with Crippen LogP contribution in [0.25, 0.3) is 5.83 Å². The van der Waals surface area contributed by atoms with Gasteiger partial charge in [0.05, 0.1) is 30.7 Å². The van der Waals surface area contributed by atoms with Gasteiger partial charge >= 0.3 is 0 Å². The van der Waals surface area contributed by atoms with Gasteiger partial charge in [0.2, 0.25) is 5.88 Å². The fourth-order valence-electron chi connectivity index (χ4n) is 1.81. The lowest BCUT2D eigenvalue weighted by atomic mass is 10.2. The smallest absolute Gasteiger partial charge is 0.255 e. The van der Waals surface area contributed by atoms with Crippen molar-refractivity contribution >= 4 is 5.83 Å². The van der Waals surface area contributed by atoms with E-state index in [0.717, 1.165) is 6.20 Å². The molecule has 1 saturated carbocycles. The van der Waals surface area contributed by atoms with Crippen molar-refractivity contribution in [2.45, 2.75) is 32.6 Å². The van der Waals surface area contributed by atoms with Gasteiger partial charge < -0.3 is 4.74 Å². The summed E-state index contributed by atoms with van der Waals surface area (Å²) in [6.45, 7) is 3.16. The number of halogens is 4. The van der Waals surface area contributed by atoms with E-state index in [1.807, 2.05) is 0 Å². The molecule has 1 heterocycles. The second-order valence-electron chi connectivity index (χ2n) is 5.58. The van der Waals surface area contributed by atoms with E-state index in [1.165, 1.54) is 24.4 Å². The maximum Gasteiger partial charge on any atom is 0.255 e. The summed E-state index contributed by atoms with van der Waals surface area (Å²) in [7, 11) is 0. The average molecular weight is 342 g/mol. The summed E-state index contributed by atoms with van der Waals surface area (Å²) in [5.74, 6) is -4.32. The first-order valence-corrected chi connectivity index (χ1v) is 7.55. The van der Waals surface area contributed by atoms with Gasteiger partial charge in [-0.25, -0.2) is 27.5 Å². The third kappa shape index (κ3) is 5.18. The molecule has 130 valence electrons. The second kappa shape index (κ2) is 7.59. The SMILES string of the molecule is CC\C(F)=C/C=C(C)/C=C(\F)c1cnc(OCC2CC2(F)F)cn1. The number of allylic oxidation sites excluding steroid dienone is 5. The van der Waals surface area contributed by atoms with Crippen LogP contribution in [0.4, 0.5) is 17.6 Å². The Kier molecular flexibility index (Phi) is 5.75. The van der Waals surface area contributed by atoms with Crippen molar-refractivity contribution in [2.24, 2.45) is 5.92 Å². The molecule has 0 radical (unpaired) electrons. The summed E-state index contributed by atoms with van der Waals surface area (Å²) in [6, 6.07) is 0. The van der Waals surface area contributed by atoms with Gasteiger partial charge in [0.1, 0.15) is 5.69 Å². The van der Waals surface area contributed by atoms with Gasteiger partial charge in [-0.3, -0.25) is 0 Å². The van der Waals surface area contributed by atoms with Crippen LogP contribution in [0.5, 0.6) is 5.88 Å². The van der Waals surface area contributed by atoms with E-state index in [4.69, 9.17) is 4.74 Å². The molecule has 1 aliphatic carbocycles. The molecule has 0 aromatic carbocycles. The molecule has 1 aliphatic rings. The summed E-state index contributed by atoms with van der Waals surface area (Å²) >= 11 is 0. The predicted octanol–water partition coefficient (Wildman–Crippen LogP) is 5.03. The third-order valence-electron chi connectivity index (χ3n) is 3.48. The van der Waals surface area contributed by atoms with E-state index in [1.54, 1.807) is 13.8 Å². The van der Waals surface area contributed by atoms with Crippen LogP contribution in [0.15, 0.2) is 42.0 Å². The van der Waals surface area contributed by atoms with Crippen LogP contribution in [0.2, 0.25) is 0 Å². The fourth-order valence-corrected chi connectivity index (χ4v) is 1.81. The van der Waals surface area contributed by atoms with Crippen LogP contribution in [-0.4, -0.2) is 22.5 Å². The molecule has 0 saturated heterocycles. The molecule has 1 fully saturated rings. The van der Waals surface area contributed by atoms with Gasteiger partial charge in [0.25, 0.3) is 5.92 Å². The molecule has 2 rings (SSSR count). The topological polar surface area (TPSA) is 35.0 Å². The lowest BCUT2D eigenvalue weighted by molar-refractivity contribution is 0.0849. The van der Waals surface area contributed by atoms with E-state index in [0.29, 0.717) is 5.57 Å². The van der Waals surface area contributed by atoms with Crippen molar-refractivity contribution in [1.82, 2.24) is 9.97 Å². The van der Waals surface area contributed by atoms with Crippen molar-refractivity contribution in [1.29, 1.82) is 0 Å². The van der Waals surface area contributed by atoms with Crippen molar-refractivity contribution in [3.8, 4) is 5.88 Å². The average Bonchev–Trinajstić information content (AvgIpc) is 3.18. The molecule has 0 aliphatic heterocycles. The summed E-state index contributed by atoms with van der Waals surface area (Å²) in [6.07, 6.45) is 6.36. The van der Waals surface area contributed by atoms with Crippen molar-refractivity contribution < 1.29 is 22.3 Å². The zero-order valence-electron chi connectivity index (χ0n) is 13.4. The maximum atomic E-state index is 14.0. The molecule has 0 N–H and O–H groups in total. The minimum absolute atomic E-state index is 0.0215. The number of nitrogens with zero attached hydrogens (tertiary/aromatic N) is 2. The molecule has 1 atom stereocenters. The van der Waals surface area contributed by atoms with Crippen LogP contribution in [0.3, 0.4) is 0 Å². The Balaban J connectivity index is 1.95. The normalized spacial score (nSPS) is 20.9. The number of aromatic nitrogens is 2. The number of rotatable bonds is 7. The molecule has 1 aromatic heterocycles. The van der Waals surface area contributed by atoms with Crippen LogP contribution < -0.4 is 4.74 Å². The lowest BCUT2D eigenvalue weighted by Gasteiger charge is -2.04. The third-order valence-corrected chi connectivity index (χ3v) is 3.48. The molecule has 1 unspecified atom stereocenters. The molecule has 3 nitrogen and oxygen atoms in total. The Morgan fingerprint density at radius 2 is 2.00 bits per heavy atom. The molecule has 0 bridgehead atoms. The Morgan fingerprint density at radius 3 is 2.54 bits per heavy atom. The van der Waals surface area contributed by atoms with Gasteiger partial charge in [-0.05, 0) is 31.1 Å². The quantitative estimate of drug-likeness (QED) is 0.515. The fraction of sp³-hybridized carbons (Fsp3) is 0.412. The van der Waals surface area contributed by atoms with Gasteiger partial charge in [-0.2, -0.15) is 0 Å². The molecule has 0 amide bonds. The van der Waals surface area contributed by atoms with Gasteiger partial charge in [0.15, 0.2) is 5.83 Å². The minimum Gasteiger partial charge on any atom is -0.476 e. The Morgan fingerprint density at radius 1 is 1.29 bits per heavy atom. The predicted molar refractivity (Wildman–Crippen MR) is 82.9 cm³/mol. The first-order valence-electron chi connectivity index (χ1n) is 7.55. The maximum absolute atomic E-state index is 14.0. The highest BCUT2D eigenvalue weighted by Crippen LogP contribution is 2.48. The standard InChI is InChI=1S/C17H18F4N2O/c1-3-13(18)5-4-11(2)6-14(19)15-8-23-16(9-22-15)24-10-12-7-17(12,20)21/h4-6,8-9,12H,3,7,10H2,1-2H3/b11-4+,13-5+,14-6-. The summed E-state index contributed by atoms with van der Waals surface area (Å²) in [5, 5.41) is 0. The lowest BCUT2D eigenvalue weighted by Crippen LogP contribution is -2.06. The number of hydrogen-bond donors (Lipinski definition) is 0. The molecule has 0 spiro atoms. The monoisotopic (exact) mass is 342 g/mol. The molecule has 1 aromatic rings. The van der Waals surface area contributed by atoms with E-state index in [2.05, 4.69) is 9.97 Å². The summed E-state index contributed by atoms with van der Waals surface area (Å²) < 4.78 is 57.6. The highest BCUT2D eigenvalue weighted by atomic mass is 19.3. The Bertz CT molecular complexity index is 666. The second-order valence-corrected chi connectivity index (χ2v) is 5.58. The van der Waals surface area contributed by atoms with Gasteiger partial charge in [-0.1, -0.05) is 13.0 Å². The van der Waals surface area contributed by atoms with Crippen LogP contribution in [0.1, 0.15) is 32.4 Å². The van der Waals surface area contributed by atoms with E-state index < -0.39 is 17.7 Å². The highest BCUT2D eigenvalue weighted by molar-refractivity contribution is 5.58. The zero-order chi connectivity index (χ0) is 17.7. The van der Waals surface area contributed by atoms with Crippen molar-refractivity contribution in [3.63, 3.8) is 0 Å². The van der Waals surface area contributed by atoms with E-state index in [-0.39, 0.29) is 36.8 Å². The van der Waals surface area contributed by atoms with Crippen LogP contribution in [-0.2, 0) is 0 Å². The first-order chi connectivity index (χ1) is 11.3. The van der Waals surface area contributed by atoms with Crippen LogP contribution in [0, 0.1) is 5.92 Å². The molecular formula is C17H18F4N2O. The molecule has 24 heavy (non-hydrogen) atoms.